The second-order valence-corrected chi connectivity index (χ2v) is 5.74. The van der Waals surface area contributed by atoms with Crippen molar-refractivity contribution in [2.45, 2.75) is 57.3 Å². The topological polar surface area (TPSA) is 59.8 Å². The first-order valence-corrected chi connectivity index (χ1v) is 7.44. The van der Waals surface area contributed by atoms with Gasteiger partial charge in [-0.2, -0.15) is 0 Å². The lowest BCUT2D eigenvalue weighted by molar-refractivity contribution is -0.119. The highest BCUT2D eigenvalue weighted by Gasteiger charge is 2.28. The summed E-state index contributed by atoms with van der Waals surface area (Å²) >= 11 is 1.47. The van der Waals surface area contributed by atoms with Gasteiger partial charge in [0, 0.05) is 12.1 Å². The van der Waals surface area contributed by atoms with Gasteiger partial charge in [0.05, 0.1) is 5.75 Å². The molecule has 1 N–H and O–H groups in total. The summed E-state index contributed by atoms with van der Waals surface area (Å²) in [5.41, 5.74) is 0. The second-order valence-electron chi connectivity index (χ2n) is 4.80. The number of rotatable bonds is 6. The van der Waals surface area contributed by atoms with Crippen molar-refractivity contribution >= 4 is 17.7 Å². The predicted molar refractivity (Wildman–Crippen MR) is 71.6 cm³/mol. The lowest BCUT2D eigenvalue weighted by Gasteiger charge is -2.11. The molecule has 1 aliphatic rings. The summed E-state index contributed by atoms with van der Waals surface area (Å²) in [4.78, 5) is 11.7. The van der Waals surface area contributed by atoms with Gasteiger partial charge in [-0.05, 0) is 33.1 Å². The molecule has 5 nitrogen and oxygen atoms in total. The zero-order chi connectivity index (χ0) is 13.1. The highest BCUT2D eigenvalue weighted by molar-refractivity contribution is 7.99. The number of amides is 1. The third-order valence-corrected chi connectivity index (χ3v) is 4.04. The molecule has 1 aromatic heterocycles. The molecule has 0 aromatic carbocycles. The summed E-state index contributed by atoms with van der Waals surface area (Å²) in [6, 6.07) is 0.793. The summed E-state index contributed by atoms with van der Waals surface area (Å²) < 4.78 is 2.15. The van der Waals surface area contributed by atoms with Crippen molar-refractivity contribution < 1.29 is 4.79 Å². The Kier molecular flexibility index (Phi) is 4.27. The first-order valence-electron chi connectivity index (χ1n) is 6.45. The SMILES string of the molecule is CC[C@H](C)NC(=O)CSc1nnc(C)n1C1CC1. The van der Waals surface area contributed by atoms with E-state index in [2.05, 4.69) is 27.0 Å². The minimum atomic E-state index is 0.0670. The first kappa shape index (κ1) is 13.4. The van der Waals surface area contributed by atoms with E-state index in [0.29, 0.717) is 11.8 Å². The number of hydrogen-bond acceptors (Lipinski definition) is 4. The lowest BCUT2D eigenvalue weighted by Crippen LogP contribution is -2.33. The summed E-state index contributed by atoms with van der Waals surface area (Å²) in [7, 11) is 0. The highest BCUT2D eigenvalue weighted by atomic mass is 32.2. The van der Waals surface area contributed by atoms with Crippen LogP contribution in [0, 0.1) is 6.92 Å². The van der Waals surface area contributed by atoms with Crippen LogP contribution in [0.15, 0.2) is 5.16 Å². The number of nitrogens with zero attached hydrogens (tertiary/aromatic N) is 3. The number of carbonyl (C=O) groups is 1. The number of hydrogen-bond donors (Lipinski definition) is 1. The summed E-state index contributed by atoms with van der Waals surface area (Å²) in [6.07, 6.45) is 3.35. The van der Waals surface area contributed by atoms with Gasteiger partial charge in [-0.15, -0.1) is 10.2 Å². The van der Waals surface area contributed by atoms with E-state index in [9.17, 15) is 4.79 Å². The molecule has 0 saturated heterocycles. The fourth-order valence-corrected chi connectivity index (χ4v) is 2.61. The van der Waals surface area contributed by atoms with Crippen LogP contribution >= 0.6 is 11.8 Å². The molecule has 1 saturated carbocycles. The van der Waals surface area contributed by atoms with Gasteiger partial charge in [0.25, 0.3) is 0 Å². The molecule has 18 heavy (non-hydrogen) atoms. The molecule has 1 atom stereocenters. The fourth-order valence-electron chi connectivity index (χ4n) is 1.75. The molecule has 0 radical (unpaired) electrons. The zero-order valence-corrected chi connectivity index (χ0v) is 12.0. The van der Waals surface area contributed by atoms with Gasteiger partial charge in [-0.25, -0.2) is 0 Å². The van der Waals surface area contributed by atoms with E-state index in [1.54, 1.807) is 0 Å². The maximum atomic E-state index is 11.7. The Labute approximate surface area is 112 Å². The highest BCUT2D eigenvalue weighted by Crippen LogP contribution is 2.38. The number of thioether (sulfide) groups is 1. The molecule has 0 bridgehead atoms. The molecule has 1 amide bonds. The fraction of sp³-hybridized carbons (Fsp3) is 0.750. The Morgan fingerprint density at radius 2 is 2.28 bits per heavy atom. The standard InChI is InChI=1S/C12H20N4OS/c1-4-8(2)13-11(17)7-18-12-15-14-9(3)16(12)10-5-6-10/h8,10H,4-7H2,1-3H3,(H,13,17)/t8-/m0/s1. The van der Waals surface area contributed by atoms with Crippen LogP contribution in [0.2, 0.25) is 0 Å². The van der Waals surface area contributed by atoms with Crippen LogP contribution in [0.5, 0.6) is 0 Å². The van der Waals surface area contributed by atoms with Crippen molar-refractivity contribution in [2.24, 2.45) is 0 Å². The average Bonchev–Trinajstić information content (AvgIpc) is 3.11. The molecule has 0 unspecified atom stereocenters. The molecular weight excluding hydrogens is 248 g/mol. The van der Waals surface area contributed by atoms with Gasteiger partial charge in [0.15, 0.2) is 5.16 Å². The van der Waals surface area contributed by atoms with Crippen LogP contribution in [0.25, 0.3) is 0 Å². The van der Waals surface area contributed by atoms with Crippen LogP contribution < -0.4 is 5.32 Å². The minimum absolute atomic E-state index is 0.0670. The Bertz CT molecular complexity index is 428. The van der Waals surface area contributed by atoms with Crippen molar-refractivity contribution in [3.8, 4) is 0 Å². The first-order chi connectivity index (χ1) is 8.61. The number of carbonyl (C=O) groups excluding carboxylic acids is 1. The van der Waals surface area contributed by atoms with Crippen LogP contribution in [0.4, 0.5) is 0 Å². The molecule has 2 rings (SSSR count). The molecule has 1 aliphatic carbocycles. The third-order valence-electron chi connectivity index (χ3n) is 3.10. The molecule has 1 aromatic rings. The van der Waals surface area contributed by atoms with Crippen LogP contribution in [0.1, 0.15) is 45.0 Å². The van der Waals surface area contributed by atoms with Gasteiger partial charge in [-0.3, -0.25) is 4.79 Å². The van der Waals surface area contributed by atoms with Gasteiger partial charge in [-0.1, -0.05) is 18.7 Å². The lowest BCUT2D eigenvalue weighted by atomic mass is 10.3. The molecule has 0 spiro atoms. The Balaban J connectivity index is 1.88. The van der Waals surface area contributed by atoms with Crippen molar-refractivity contribution in [2.75, 3.05) is 5.75 Å². The van der Waals surface area contributed by atoms with E-state index in [1.165, 1.54) is 24.6 Å². The average molecular weight is 268 g/mol. The smallest absolute Gasteiger partial charge is 0.230 e. The molecule has 1 heterocycles. The summed E-state index contributed by atoms with van der Waals surface area (Å²) in [6.45, 7) is 6.04. The van der Waals surface area contributed by atoms with E-state index in [0.717, 1.165) is 17.4 Å². The second kappa shape index (κ2) is 5.73. The molecule has 6 heteroatoms. The van der Waals surface area contributed by atoms with Gasteiger partial charge < -0.3 is 9.88 Å². The molecule has 0 aliphatic heterocycles. The number of nitrogens with one attached hydrogen (secondary N) is 1. The van der Waals surface area contributed by atoms with E-state index in [4.69, 9.17) is 0 Å². The Hall–Kier alpha value is -1.04. The summed E-state index contributed by atoms with van der Waals surface area (Å²) in [5.74, 6) is 1.43. The van der Waals surface area contributed by atoms with Gasteiger partial charge in [0.2, 0.25) is 5.91 Å². The largest absolute Gasteiger partial charge is 0.353 e. The Morgan fingerprint density at radius 3 is 2.89 bits per heavy atom. The molecule has 100 valence electrons. The van der Waals surface area contributed by atoms with Crippen LogP contribution in [-0.4, -0.2) is 32.5 Å². The normalized spacial score (nSPS) is 16.6. The van der Waals surface area contributed by atoms with E-state index < -0.39 is 0 Å². The maximum absolute atomic E-state index is 11.7. The van der Waals surface area contributed by atoms with Crippen molar-refractivity contribution in [1.82, 2.24) is 20.1 Å². The summed E-state index contributed by atoms with van der Waals surface area (Å²) in [5, 5.41) is 12.1. The van der Waals surface area contributed by atoms with Gasteiger partial charge in [0.1, 0.15) is 5.82 Å². The van der Waals surface area contributed by atoms with Crippen LogP contribution in [-0.2, 0) is 4.79 Å². The van der Waals surface area contributed by atoms with E-state index in [-0.39, 0.29) is 11.9 Å². The quantitative estimate of drug-likeness (QED) is 0.801. The minimum Gasteiger partial charge on any atom is -0.353 e. The molecule has 1 fully saturated rings. The van der Waals surface area contributed by atoms with Crippen molar-refractivity contribution in [1.29, 1.82) is 0 Å². The third kappa shape index (κ3) is 3.25. The number of aryl methyl sites for hydroxylation is 1. The van der Waals surface area contributed by atoms with Crippen molar-refractivity contribution in [3.63, 3.8) is 0 Å². The van der Waals surface area contributed by atoms with E-state index >= 15 is 0 Å². The maximum Gasteiger partial charge on any atom is 0.230 e. The molecular formula is C12H20N4OS. The van der Waals surface area contributed by atoms with Crippen LogP contribution in [0.3, 0.4) is 0 Å². The Morgan fingerprint density at radius 1 is 1.56 bits per heavy atom. The van der Waals surface area contributed by atoms with Crippen molar-refractivity contribution in [3.05, 3.63) is 5.82 Å². The number of aromatic nitrogens is 3. The van der Waals surface area contributed by atoms with Gasteiger partial charge >= 0.3 is 0 Å². The van der Waals surface area contributed by atoms with E-state index in [1.807, 2.05) is 13.8 Å². The predicted octanol–water partition coefficient (Wildman–Crippen LogP) is 1.93. The zero-order valence-electron chi connectivity index (χ0n) is 11.1. The monoisotopic (exact) mass is 268 g/mol.